The molecule has 2 fully saturated rings. The number of nitrogen functional groups attached to an aromatic ring is 1. The molecule has 186 valence electrons. The van der Waals surface area contributed by atoms with Crippen molar-refractivity contribution in [3.8, 4) is 0 Å². The van der Waals surface area contributed by atoms with Gasteiger partial charge in [0.25, 0.3) is 11.6 Å². The lowest BCUT2D eigenvalue weighted by Crippen LogP contribution is -2.37. The summed E-state index contributed by atoms with van der Waals surface area (Å²) in [6.07, 6.45) is 1.72. The second-order valence-electron chi connectivity index (χ2n) is 8.35. The summed E-state index contributed by atoms with van der Waals surface area (Å²) in [5, 5.41) is 14.0. The number of nitrogens with one attached hydrogen (secondary N) is 1. The van der Waals surface area contributed by atoms with Crippen LogP contribution in [0, 0.1) is 10.1 Å². The zero-order valence-electron chi connectivity index (χ0n) is 19.5. The normalized spacial score (nSPS) is 17.0. The van der Waals surface area contributed by atoms with Crippen molar-refractivity contribution in [2.24, 2.45) is 4.99 Å². The highest BCUT2D eigenvalue weighted by Crippen LogP contribution is 2.32. The van der Waals surface area contributed by atoms with Gasteiger partial charge in [0.1, 0.15) is 0 Å². The number of aliphatic imine (C=N–C) groups is 1. The predicted molar refractivity (Wildman–Crippen MR) is 135 cm³/mol. The maximum Gasteiger partial charge on any atom is 0.270 e. The third kappa shape index (κ3) is 6.53. The van der Waals surface area contributed by atoms with Gasteiger partial charge in [-0.15, -0.1) is 0 Å². The molecule has 4 rings (SSSR count). The van der Waals surface area contributed by atoms with Gasteiger partial charge in [-0.3, -0.25) is 24.8 Å². The van der Waals surface area contributed by atoms with Gasteiger partial charge in [-0.05, 0) is 18.2 Å². The number of morpholine rings is 2. The highest BCUT2D eigenvalue weighted by atomic mass is 16.6. The Hall–Kier alpha value is -3.54. The number of nitro benzene ring substituents is 1. The molecule has 0 atom stereocenters. The molecule has 2 aliphatic heterocycles. The van der Waals surface area contributed by atoms with Gasteiger partial charge >= 0.3 is 0 Å². The van der Waals surface area contributed by atoms with Gasteiger partial charge in [-0.25, -0.2) is 0 Å². The van der Waals surface area contributed by atoms with Crippen LogP contribution in [0.4, 0.5) is 22.7 Å². The third-order valence-corrected chi connectivity index (χ3v) is 6.00. The molecule has 2 saturated heterocycles. The topological polar surface area (TPSA) is 136 Å². The van der Waals surface area contributed by atoms with Crippen molar-refractivity contribution in [1.29, 1.82) is 0 Å². The number of carbonyl (C=O) groups is 1. The number of rotatable bonds is 8. The molecule has 0 aromatic heterocycles. The molecule has 35 heavy (non-hydrogen) atoms. The fraction of sp³-hybridized carbons (Fsp3) is 0.417. The number of ether oxygens (including phenoxy) is 2. The molecule has 1 amide bonds. The molecule has 2 heterocycles. The van der Waals surface area contributed by atoms with Crippen LogP contribution in [0.15, 0.2) is 41.4 Å². The summed E-state index contributed by atoms with van der Waals surface area (Å²) in [7, 11) is 0. The number of anilines is 3. The van der Waals surface area contributed by atoms with E-state index in [-0.39, 0.29) is 11.3 Å². The molecular weight excluding hydrogens is 452 g/mol. The van der Waals surface area contributed by atoms with E-state index in [1.807, 2.05) is 6.07 Å². The zero-order chi connectivity index (χ0) is 24.6. The van der Waals surface area contributed by atoms with Crippen LogP contribution < -0.4 is 16.0 Å². The standard InChI is InChI=1S/C24H30N6O5/c25-21-16-23(29-8-12-35-13-9-29)22(27-24(31)18-2-1-3-20(14-18)30(32)33)15-19(21)17-26-4-5-28-6-10-34-11-7-28/h1-3,14-17H,4-13,25H2,(H,27,31). The van der Waals surface area contributed by atoms with Crippen molar-refractivity contribution < 1.29 is 19.2 Å². The molecular formula is C24H30N6O5. The fourth-order valence-electron chi connectivity index (χ4n) is 4.04. The maximum atomic E-state index is 13.0. The first-order valence-corrected chi connectivity index (χ1v) is 11.6. The van der Waals surface area contributed by atoms with E-state index in [2.05, 4.69) is 20.1 Å². The number of benzene rings is 2. The van der Waals surface area contributed by atoms with Gasteiger partial charge in [0, 0.05) is 67.9 Å². The molecule has 0 radical (unpaired) electrons. The number of non-ortho nitro benzene ring substituents is 1. The van der Waals surface area contributed by atoms with Crippen molar-refractivity contribution >= 4 is 34.9 Å². The van der Waals surface area contributed by atoms with Crippen molar-refractivity contribution in [2.45, 2.75) is 0 Å². The van der Waals surface area contributed by atoms with Gasteiger partial charge in [0.2, 0.25) is 0 Å². The van der Waals surface area contributed by atoms with Crippen LogP contribution in [-0.4, -0.2) is 87.6 Å². The summed E-state index contributed by atoms with van der Waals surface area (Å²) in [5.74, 6) is -0.441. The molecule has 0 saturated carbocycles. The minimum atomic E-state index is -0.523. The summed E-state index contributed by atoms with van der Waals surface area (Å²) in [6, 6.07) is 9.28. The Morgan fingerprint density at radius 3 is 2.54 bits per heavy atom. The Kier molecular flexibility index (Phi) is 8.24. The van der Waals surface area contributed by atoms with Gasteiger partial charge in [-0.2, -0.15) is 0 Å². The predicted octanol–water partition coefficient (Wildman–Crippen LogP) is 2.02. The van der Waals surface area contributed by atoms with E-state index in [4.69, 9.17) is 15.2 Å². The van der Waals surface area contributed by atoms with Gasteiger partial charge < -0.3 is 25.4 Å². The SMILES string of the molecule is Nc1cc(N2CCOCC2)c(NC(=O)c2cccc([N+](=O)[O-])c2)cc1C=NCCN1CCOCC1. The lowest BCUT2D eigenvalue weighted by atomic mass is 10.1. The minimum absolute atomic E-state index is 0.142. The molecule has 3 N–H and O–H groups in total. The summed E-state index contributed by atoms with van der Waals surface area (Å²) >= 11 is 0. The van der Waals surface area contributed by atoms with Crippen molar-refractivity contribution in [1.82, 2.24) is 4.90 Å². The number of nitrogens with zero attached hydrogens (tertiary/aromatic N) is 4. The van der Waals surface area contributed by atoms with Crippen molar-refractivity contribution in [2.75, 3.05) is 81.6 Å². The van der Waals surface area contributed by atoms with Crippen LogP contribution >= 0.6 is 0 Å². The van der Waals surface area contributed by atoms with Crippen LogP contribution in [0.2, 0.25) is 0 Å². The maximum absolute atomic E-state index is 13.0. The molecule has 0 aliphatic carbocycles. The second kappa shape index (κ2) is 11.7. The first-order valence-electron chi connectivity index (χ1n) is 11.6. The largest absolute Gasteiger partial charge is 0.398 e. The van der Waals surface area contributed by atoms with Crippen LogP contribution in [0.25, 0.3) is 0 Å². The van der Waals surface area contributed by atoms with Crippen LogP contribution in [0.3, 0.4) is 0 Å². The molecule has 2 aliphatic rings. The molecule has 0 spiro atoms. The number of nitrogens with two attached hydrogens (primary N) is 1. The number of carbonyl (C=O) groups excluding carboxylic acids is 1. The van der Waals surface area contributed by atoms with Gasteiger partial charge in [-0.1, -0.05) is 6.07 Å². The van der Waals surface area contributed by atoms with E-state index >= 15 is 0 Å². The van der Waals surface area contributed by atoms with E-state index in [0.29, 0.717) is 49.8 Å². The number of hydrogen-bond acceptors (Lipinski definition) is 9. The second-order valence-corrected chi connectivity index (χ2v) is 8.35. The molecule has 2 aromatic rings. The first-order chi connectivity index (χ1) is 17.0. The first kappa shape index (κ1) is 24.6. The minimum Gasteiger partial charge on any atom is -0.398 e. The number of nitro groups is 1. The van der Waals surface area contributed by atoms with E-state index in [1.165, 1.54) is 18.2 Å². The Morgan fingerprint density at radius 1 is 1.11 bits per heavy atom. The zero-order valence-corrected chi connectivity index (χ0v) is 19.5. The molecule has 0 unspecified atom stereocenters. The smallest absolute Gasteiger partial charge is 0.270 e. The summed E-state index contributed by atoms with van der Waals surface area (Å²) in [6.45, 7) is 7.21. The van der Waals surface area contributed by atoms with Crippen LogP contribution in [0.1, 0.15) is 15.9 Å². The fourth-order valence-corrected chi connectivity index (χ4v) is 4.04. The Bertz CT molecular complexity index is 1080. The van der Waals surface area contributed by atoms with Crippen molar-refractivity contribution in [3.63, 3.8) is 0 Å². The average Bonchev–Trinajstić information content (AvgIpc) is 2.89. The van der Waals surface area contributed by atoms with Crippen molar-refractivity contribution in [3.05, 3.63) is 57.6 Å². The van der Waals surface area contributed by atoms with E-state index in [0.717, 1.165) is 38.5 Å². The van der Waals surface area contributed by atoms with Gasteiger partial charge in [0.15, 0.2) is 0 Å². The third-order valence-electron chi connectivity index (χ3n) is 6.00. The molecule has 11 heteroatoms. The van der Waals surface area contributed by atoms with Crippen LogP contribution in [0.5, 0.6) is 0 Å². The summed E-state index contributed by atoms with van der Waals surface area (Å²) in [4.78, 5) is 32.5. The molecule has 2 aromatic carbocycles. The highest BCUT2D eigenvalue weighted by Gasteiger charge is 2.20. The highest BCUT2D eigenvalue weighted by molar-refractivity contribution is 6.07. The molecule has 11 nitrogen and oxygen atoms in total. The van der Waals surface area contributed by atoms with E-state index in [1.54, 1.807) is 18.3 Å². The number of hydrogen-bond donors (Lipinski definition) is 2. The summed E-state index contributed by atoms with van der Waals surface area (Å²) in [5.41, 5.74) is 8.99. The average molecular weight is 483 g/mol. The quantitative estimate of drug-likeness (QED) is 0.252. The Labute approximate surface area is 203 Å². The lowest BCUT2D eigenvalue weighted by molar-refractivity contribution is -0.384. The van der Waals surface area contributed by atoms with Gasteiger partial charge in [0.05, 0.1) is 49.3 Å². The monoisotopic (exact) mass is 482 g/mol. The van der Waals surface area contributed by atoms with E-state index in [9.17, 15) is 14.9 Å². The Balaban J connectivity index is 1.55. The summed E-state index contributed by atoms with van der Waals surface area (Å²) < 4.78 is 10.8. The lowest BCUT2D eigenvalue weighted by Gasteiger charge is -2.31. The van der Waals surface area contributed by atoms with E-state index < -0.39 is 10.8 Å². The van der Waals surface area contributed by atoms with Crippen LogP contribution in [-0.2, 0) is 9.47 Å². The molecule has 0 bridgehead atoms. The number of amides is 1. The Morgan fingerprint density at radius 2 is 1.83 bits per heavy atom.